The molecule has 0 radical (unpaired) electrons. The highest BCUT2D eigenvalue weighted by atomic mass is 16.6. The molecule has 0 amide bonds. The maximum Gasteiger partial charge on any atom is 0.302 e. The van der Waals surface area contributed by atoms with E-state index in [0.717, 1.165) is 88.8 Å². The molecule has 10 atom stereocenters. The second-order valence-corrected chi connectivity index (χ2v) is 17.1. The van der Waals surface area contributed by atoms with Crippen LogP contribution in [0.3, 0.4) is 0 Å². The van der Waals surface area contributed by atoms with E-state index in [-0.39, 0.29) is 59.1 Å². The first-order valence-electron chi connectivity index (χ1n) is 18.7. The summed E-state index contributed by atoms with van der Waals surface area (Å²) < 4.78 is 19.0. The molecule has 4 saturated carbocycles. The van der Waals surface area contributed by atoms with Gasteiger partial charge in [-0.15, -0.1) is 0 Å². The number of likely N-dealkylation sites (tertiary alicyclic amines) is 1. The van der Waals surface area contributed by atoms with Crippen LogP contribution in [0, 0.1) is 34.5 Å². The third-order valence-electron chi connectivity index (χ3n) is 14.4. The van der Waals surface area contributed by atoms with E-state index in [1.54, 1.807) is 13.8 Å². The molecule has 6 aliphatic rings. The van der Waals surface area contributed by atoms with Gasteiger partial charge in [-0.2, -0.15) is 0 Å². The fraction of sp³-hybridized carbons (Fsp3) is 0.868. The molecule has 4 aliphatic carbocycles. The van der Waals surface area contributed by atoms with Gasteiger partial charge in [0, 0.05) is 64.4 Å². The predicted octanol–water partition coefficient (Wildman–Crippen LogP) is 4.83. The Morgan fingerprint density at radius 3 is 2.04 bits per heavy atom. The summed E-state index contributed by atoms with van der Waals surface area (Å²) in [6.07, 6.45) is 11.3. The van der Waals surface area contributed by atoms with Crippen molar-refractivity contribution >= 4 is 17.9 Å². The summed E-state index contributed by atoms with van der Waals surface area (Å²) >= 11 is 0. The lowest BCUT2D eigenvalue weighted by Crippen LogP contribution is -2.61. The number of likely N-dealkylation sites (N-methyl/N-ethyl adjacent to an activating group) is 1. The zero-order valence-electron chi connectivity index (χ0n) is 30.1. The van der Waals surface area contributed by atoms with Crippen molar-refractivity contribution in [3.05, 3.63) is 12.7 Å². The number of rotatable bonds is 7. The van der Waals surface area contributed by atoms with Crippen molar-refractivity contribution < 1.29 is 33.1 Å². The quantitative estimate of drug-likeness (QED) is 0.167. The maximum atomic E-state index is 12.6. The number of piperidine rings is 1. The van der Waals surface area contributed by atoms with Gasteiger partial charge in [0.1, 0.15) is 18.3 Å². The van der Waals surface area contributed by atoms with Gasteiger partial charge in [0.25, 0.3) is 0 Å². The van der Waals surface area contributed by atoms with Gasteiger partial charge in [0.15, 0.2) is 0 Å². The molecular formula is C38H62N3O6+. The molecule has 6 fully saturated rings. The second-order valence-electron chi connectivity index (χ2n) is 17.1. The third-order valence-corrected chi connectivity index (χ3v) is 14.4. The largest absolute Gasteiger partial charge is 0.462 e. The highest BCUT2D eigenvalue weighted by molar-refractivity contribution is 5.67. The molecule has 0 aromatic rings. The Bertz CT molecular complexity index is 1190. The number of quaternary nitrogens is 1. The first-order valence-corrected chi connectivity index (χ1v) is 18.7. The summed E-state index contributed by atoms with van der Waals surface area (Å²) in [4.78, 5) is 41.8. The average Bonchev–Trinajstić information content (AvgIpc) is 3.29. The Morgan fingerprint density at radius 1 is 0.787 bits per heavy atom. The van der Waals surface area contributed by atoms with Gasteiger partial charge in [-0.25, -0.2) is 0 Å². The fourth-order valence-corrected chi connectivity index (χ4v) is 12.0. The molecule has 2 saturated heterocycles. The number of ether oxygens (including phenoxy) is 3. The molecule has 0 aromatic carbocycles. The molecule has 2 heterocycles. The van der Waals surface area contributed by atoms with Crippen molar-refractivity contribution in [3.8, 4) is 0 Å². The number of esters is 3. The number of piperazine rings is 1. The first-order chi connectivity index (χ1) is 22.3. The van der Waals surface area contributed by atoms with Gasteiger partial charge in [-0.3, -0.25) is 24.2 Å². The lowest BCUT2D eigenvalue weighted by atomic mass is 9.44. The minimum absolute atomic E-state index is 0.00956. The zero-order chi connectivity index (χ0) is 33.7. The topological polar surface area (TPSA) is 85.4 Å². The van der Waals surface area contributed by atoms with E-state index in [1.807, 2.05) is 0 Å². The van der Waals surface area contributed by atoms with Crippen LogP contribution in [-0.4, -0.2) is 115 Å². The highest BCUT2D eigenvalue weighted by Gasteiger charge is 2.65. The number of hydrogen-bond donors (Lipinski definition) is 0. The Hall–Kier alpha value is -1.97. The summed E-state index contributed by atoms with van der Waals surface area (Å²) in [6, 6.07) is 0.466. The molecule has 0 N–H and O–H groups in total. The van der Waals surface area contributed by atoms with E-state index in [9.17, 15) is 14.4 Å². The summed E-state index contributed by atoms with van der Waals surface area (Å²) in [7, 11) is 2.34. The minimum Gasteiger partial charge on any atom is -0.462 e. The smallest absolute Gasteiger partial charge is 0.302 e. The molecule has 2 aliphatic heterocycles. The molecule has 0 spiro atoms. The average molecular weight is 657 g/mol. The minimum atomic E-state index is -0.206. The van der Waals surface area contributed by atoms with Crippen molar-refractivity contribution in [1.29, 1.82) is 0 Å². The maximum absolute atomic E-state index is 12.6. The van der Waals surface area contributed by atoms with Crippen LogP contribution >= 0.6 is 0 Å². The van der Waals surface area contributed by atoms with Crippen LogP contribution < -0.4 is 0 Å². The van der Waals surface area contributed by atoms with Gasteiger partial charge in [-0.1, -0.05) is 20.4 Å². The molecule has 3 unspecified atom stereocenters. The van der Waals surface area contributed by atoms with Crippen LogP contribution in [0.2, 0.25) is 0 Å². The van der Waals surface area contributed by atoms with Crippen molar-refractivity contribution in [1.82, 2.24) is 9.80 Å². The lowest BCUT2D eigenvalue weighted by molar-refractivity contribution is -0.908. The SMILES string of the molecule is C=CC[N+]1(C)CCN([C@H]2CC3C4CC[C@H]5C[C@H](OC(C)=O)[C@@H](N6CCC(OC(C)=O)CC6)C[C@]5(C)C4CC[C@]3(C)[C@H]2OC(C)=O)CC1. The molecule has 47 heavy (non-hydrogen) atoms. The van der Waals surface area contributed by atoms with Crippen LogP contribution in [0.4, 0.5) is 0 Å². The Morgan fingerprint density at radius 2 is 1.43 bits per heavy atom. The summed E-state index contributed by atoms with van der Waals surface area (Å²) in [5.41, 5.74) is 0.160. The number of carbonyl (C=O) groups excluding carboxylic acids is 3. The van der Waals surface area contributed by atoms with E-state index in [2.05, 4.69) is 43.3 Å². The van der Waals surface area contributed by atoms with Crippen molar-refractivity contribution in [2.75, 3.05) is 52.9 Å². The van der Waals surface area contributed by atoms with E-state index in [1.165, 1.54) is 26.2 Å². The Balaban J connectivity index is 1.22. The van der Waals surface area contributed by atoms with Gasteiger partial charge >= 0.3 is 17.9 Å². The van der Waals surface area contributed by atoms with Crippen LogP contribution in [0.25, 0.3) is 0 Å². The van der Waals surface area contributed by atoms with Crippen molar-refractivity contribution in [2.24, 2.45) is 34.5 Å². The Kier molecular flexibility index (Phi) is 9.94. The summed E-state index contributed by atoms with van der Waals surface area (Å²) in [6.45, 7) is 20.7. The molecule has 9 heteroatoms. The number of fused-ring (bicyclic) bond motifs is 5. The van der Waals surface area contributed by atoms with E-state index >= 15 is 0 Å². The van der Waals surface area contributed by atoms with Crippen LogP contribution in [0.1, 0.15) is 92.4 Å². The number of carbonyl (C=O) groups is 3. The van der Waals surface area contributed by atoms with E-state index < -0.39 is 0 Å². The molecule has 9 nitrogen and oxygen atoms in total. The molecule has 6 rings (SSSR count). The van der Waals surface area contributed by atoms with Crippen molar-refractivity contribution in [3.63, 3.8) is 0 Å². The molecular weight excluding hydrogens is 594 g/mol. The van der Waals surface area contributed by atoms with E-state index in [4.69, 9.17) is 14.2 Å². The standard InChI is InChI=1S/C38H62N3O6/c1-8-19-41(7)20-17-40(18-21-41)33-23-32-30-10-9-28-22-35(46-26(3)43)34(39-15-12-29(13-16-39)45-25(2)42)24-38(28,6)31(30)11-14-37(32,5)36(33)47-27(4)44/h8,28-36H,1,9-24H2,2-7H3/q+1/t28-,30?,31?,32?,33-,34-,35-,36-,37-,38-/m0/s1. The number of nitrogens with zero attached hydrogens (tertiary/aromatic N) is 3. The van der Waals surface area contributed by atoms with Gasteiger partial charge in [0.2, 0.25) is 0 Å². The molecule has 264 valence electrons. The van der Waals surface area contributed by atoms with Gasteiger partial charge in [-0.05, 0) is 93.0 Å². The summed E-state index contributed by atoms with van der Waals surface area (Å²) in [5, 5.41) is 0. The second kappa shape index (κ2) is 13.4. The zero-order valence-corrected chi connectivity index (χ0v) is 30.1. The Labute approximate surface area is 283 Å². The number of hydrogen-bond acceptors (Lipinski definition) is 8. The van der Waals surface area contributed by atoms with Crippen LogP contribution in [-0.2, 0) is 28.6 Å². The monoisotopic (exact) mass is 656 g/mol. The van der Waals surface area contributed by atoms with Gasteiger partial charge in [0.05, 0.1) is 26.7 Å². The van der Waals surface area contributed by atoms with E-state index in [0.29, 0.717) is 23.7 Å². The summed E-state index contributed by atoms with van der Waals surface area (Å²) in [5.74, 6) is 1.77. The van der Waals surface area contributed by atoms with Gasteiger partial charge < -0.3 is 18.7 Å². The first kappa shape index (κ1) is 34.9. The van der Waals surface area contributed by atoms with Crippen LogP contribution in [0.15, 0.2) is 12.7 Å². The van der Waals surface area contributed by atoms with Crippen molar-refractivity contribution in [2.45, 2.75) is 123 Å². The lowest BCUT2D eigenvalue weighted by Gasteiger charge is -2.62. The predicted molar refractivity (Wildman–Crippen MR) is 180 cm³/mol. The fourth-order valence-electron chi connectivity index (χ4n) is 12.0. The normalized spacial score (nSPS) is 42.3. The third kappa shape index (κ3) is 6.66. The molecule has 0 bridgehead atoms. The molecule has 0 aromatic heterocycles. The van der Waals surface area contributed by atoms with Crippen LogP contribution in [0.5, 0.6) is 0 Å². The highest BCUT2D eigenvalue weighted by Crippen LogP contribution is 2.67.